The summed E-state index contributed by atoms with van der Waals surface area (Å²) in [5.74, 6) is 0.921. The maximum Gasteiger partial charge on any atom is 0.184 e. The number of fused-ring (bicyclic) bond motifs is 1. The van der Waals surface area contributed by atoms with Crippen molar-refractivity contribution in [2.45, 2.75) is 77.6 Å². The predicted octanol–water partition coefficient (Wildman–Crippen LogP) is 4.96. The van der Waals surface area contributed by atoms with Crippen molar-refractivity contribution >= 4 is 14.6 Å². The number of rotatable bonds is 4. The van der Waals surface area contributed by atoms with Crippen LogP contribution in [0.1, 0.15) is 52.4 Å². The molecule has 0 spiro atoms. The number of carbonyl (C=O) groups is 1. The Kier molecular flexibility index (Phi) is 4.57. The van der Waals surface area contributed by atoms with Crippen molar-refractivity contribution in [1.29, 1.82) is 0 Å². The van der Waals surface area contributed by atoms with Crippen LogP contribution in [-0.2, 0) is 9.22 Å². The molecule has 2 rings (SSSR count). The van der Waals surface area contributed by atoms with Crippen LogP contribution in [0.5, 0.6) is 0 Å². The second-order valence-corrected chi connectivity index (χ2v) is 13.2. The quantitative estimate of drug-likeness (QED) is 0.417. The van der Waals surface area contributed by atoms with Gasteiger partial charge in [-0.1, -0.05) is 19.9 Å². The molecule has 2 aliphatic rings. The van der Waals surface area contributed by atoms with Crippen molar-refractivity contribution < 1.29 is 9.22 Å². The van der Waals surface area contributed by atoms with Gasteiger partial charge < -0.3 is 4.43 Å². The molecule has 0 bridgehead atoms. The largest absolute Gasteiger partial charge is 0.412 e. The number of carbonyl (C=O) groups excluding carboxylic acids is 1. The van der Waals surface area contributed by atoms with Crippen LogP contribution >= 0.6 is 0 Å². The minimum absolute atomic E-state index is 0.0146. The Morgan fingerprint density at radius 1 is 1.24 bits per heavy atom. The summed E-state index contributed by atoms with van der Waals surface area (Å²) in [6.07, 6.45) is 8.11. The van der Waals surface area contributed by atoms with Crippen LogP contribution in [0.2, 0.25) is 19.6 Å². The zero-order valence-electron chi connectivity index (χ0n) is 14.5. The van der Waals surface area contributed by atoms with E-state index in [1.807, 2.05) is 0 Å². The molecule has 0 N–H and O–H groups in total. The lowest BCUT2D eigenvalue weighted by molar-refractivity contribution is -0.114. The first-order chi connectivity index (χ1) is 9.60. The minimum Gasteiger partial charge on any atom is -0.412 e. The summed E-state index contributed by atoms with van der Waals surface area (Å²) < 4.78 is 6.68. The van der Waals surface area contributed by atoms with E-state index in [0.717, 1.165) is 31.1 Å². The van der Waals surface area contributed by atoms with Crippen LogP contribution in [0.4, 0.5) is 0 Å². The van der Waals surface area contributed by atoms with Crippen molar-refractivity contribution in [2.24, 2.45) is 17.3 Å². The Bertz CT molecular complexity index is 425. The van der Waals surface area contributed by atoms with Crippen LogP contribution < -0.4 is 0 Å². The van der Waals surface area contributed by atoms with Crippen LogP contribution in [0.3, 0.4) is 0 Å². The fourth-order valence-electron chi connectivity index (χ4n) is 4.92. The molecule has 120 valence electrons. The maximum absolute atomic E-state index is 11.1. The fraction of sp³-hybridized carbons (Fsp3) is 0.833. The molecule has 2 saturated carbocycles. The monoisotopic (exact) mass is 308 g/mol. The molecule has 0 aromatic rings. The number of hydrogen-bond donors (Lipinski definition) is 0. The Balaban J connectivity index is 2.26. The Labute approximate surface area is 131 Å². The second-order valence-electron chi connectivity index (χ2n) is 8.75. The molecule has 3 heteroatoms. The Morgan fingerprint density at radius 2 is 1.90 bits per heavy atom. The van der Waals surface area contributed by atoms with E-state index >= 15 is 0 Å². The normalized spacial score (nSPS) is 40.4. The van der Waals surface area contributed by atoms with E-state index < -0.39 is 8.32 Å². The van der Waals surface area contributed by atoms with Gasteiger partial charge in [0.2, 0.25) is 0 Å². The Hall–Kier alpha value is -0.413. The van der Waals surface area contributed by atoms with Crippen molar-refractivity contribution in [3.63, 3.8) is 0 Å². The third-order valence-corrected chi connectivity index (χ3v) is 6.88. The smallest absolute Gasteiger partial charge is 0.184 e. The summed E-state index contributed by atoms with van der Waals surface area (Å²) in [6.45, 7) is 15.6. The highest BCUT2D eigenvalue weighted by Crippen LogP contribution is 2.57. The fourth-order valence-corrected chi connectivity index (χ4v) is 6.57. The molecule has 0 radical (unpaired) electrons. The summed E-state index contributed by atoms with van der Waals surface area (Å²) in [7, 11) is -1.58. The highest BCUT2D eigenvalue weighted by molar-refractivity contribution is 6.69. The van der Waals surface area contributed by atoms with Gasteiger partial charge in [-0.05, 0) is 81.5 Å². The van der Waals surface area contributed by atoms with Crippen molar-refractivity contribution in [1.82, 2.24) is 0 Å². The van der Waals surface area contributed by atoms with E-state index in [1.165, 1.54) is 19.3 Å². The molecule has 0 amide bonds. The first kappa shape index (κ1) is 16.9. The Morgan fingerprint density at radius 3 is 2.48 bits per heavy atom. The van der Waals surface area contributed by atoms with E-state index in [4.69, 9.17) is 4.43 Å². The van der Waals surface area contributed by atoms with E-state index in [2.05, 4.69) is 40.1 Å². The molecule has 2 nitrogen and oxygen atoms in total. The van der Waals surface area contributed by atoms with Gasteiger partial charge in [-0.25, -0.2) is 0 Å². The summed E-state index contributed by atoms with van der Waals surface area (Å²) >= 11 is 0. The van der Waals surface area contributed by atoms with E-state index in [-0.39, 0.29) is 5.60 Å². The molecular formula is C18H32O2Si. The third kappa shape index (κ3) is 3.50. The molecule has 0 heterocycles. The van der Waals surface area contributed by atoms with Gasteiger partial charge in [-0.2, -0.15) is 0 Å². The van der Waals surface area contributed by atoms with Gasteiger partial charge in [-0.3, -0.25) is 4.79 Å². The molecule has 0 aromatic carbocycles. The highest BCUT2D eigenvalue weighted by Gasteiger charge is 2.53. The first-order valence-corrected chi connectivity index (χ1v) is 11.8. The van der Waals surface area contributed by atoms with E-state index in [9.17, 15) is 4.79 Å². The molecule has 2 aliphatic carbocycles. The van der Waals surface area contributed by atoms with Crippen molar-refractivity contribution in [3.8, 4) is 0 Å². The van der Waals surface area contributed by atoms with Crippen LogP contribution in [0, 0.1) is 17.3 Å². The molecule has 2 fully saturated rings. The summed E-state index contributed by atoms with van der Waals surface area (Å²) in [6, 6.07) is 0. The average molecular weight is 309 g/mol. The predicted molar refractivity (Wildman–Crippen MR) is 90.8 cm³/mol. The lowest BCUT2D eigenvalue weighted by Gasteiger charge is -2.57. The molecule has 4 atom stereocenters. The van der Waals surface area contributed by atoms with E-state index in [1.54, 1.807) is 0 Å². The lowest BCUT2D eigenvalue weighted by atomic mass is 9.53. The molecule has 21 heavy (non-hydrogen) atoms. The lowest BCUT2D eigenvalue weighted by Crippen LogP contribution is -2.56. The first-order valence-electron chi connectivity index (χ1n) is 8.44. The van der Waals surface area contributed by atoms with Gasteiger partial charge in [0.05, 0.1) is 5.60 Å². The van der Waals surface area contributed by atoms with E-state index in [0.29, 0.717) is 17.3 Å². The molecule has 1 unspecified atom stereocenters. The SMILES string of the molecule is C=C(C=O)[C@@H]1CC[C@@]2(C)CCC[C@@](C)(O[Si](C)(C)C)C2C1. The van der Waals surface area contributed by atoms with Gasteiger partial charge >= 0.3 is 0 Å². The molecular weight excluding hydrogens is 276 g/mol. The number of allylic oxidation sites excluding steroid dienone is 1. The van der Waals surface area contributed by atoms with Crippen molar-refractivity contribution in [2.75, 3.05) is 0 Å². The highest BCUT2D eigenvalue weighted by atomic mass is 28.4. The van der Waals surface area contributed by atoms with Crippen LogP contribution in [0.25, 0.3) is 0 Å². The average Bonchev–Trinajstić information content (AvgIpc) is 2.35. The van der Waals surface area contributed by atoms with Gasteiger partial charge in [-0.15, -0.1) is 0 Å². The standard InChI is InChI=1S/C18H32O2Si/c1-14(13-19)15-8-11-17(2)9-7-10-18(3,16(17)12-15)20-21(4,5)6/h13,15-16H,1,7-12H2,2-6H3/t15-,16?,17-,18-/m1/s1. The molecule has 0 aliphatic heterocycles. The number of aldehydes is 1. The van der Waals surface area contributed by atoms with Gasteiger partial charge in [0.1, 0.15) is 6.29 Å². The van der Waals surface area contributed by atoms with Crippen molar-refractivity contribution in [3.05, 3.63) is 12.2 Å². The summed E-state index contributed by atoms with van der Waals surface area (Å²) in [5.41, 5.74) is 1.16. The summed E-state index contributed by atoms with van der Waals surface area (Å²) in [4.78, 5) is 11.1. The van der Waals surface area contributed by atoms with Gasteiger partial charge in [0.15, 0.2) is 8.32 Å². The summed E-state index contributed by atoms with van der Waals surface area (Å²) in [5, 5.41) is 0. The topological polar surface area (TPSA) is 26.3 Å². The second kappa shape index (κ2) is 5.66. The zero-order valence-corrected chi connectivity index (χ0v) is 15.5. The van der Waals surface area contributed by atoms with Crippen LogP contribution in [0.15, 0.2) is 12.2 Å². The zero-order chi connectivity index (χ0) is 15.9. The van der Waals surface area contributed by atoms with Crippen LogP contribution in [-0.4, -0.2) is 20.2 Å². The molecule has 0 saturated heterocycles. The minimum atomic E-state index is -1.58. The third-order valence-electron chi connectivity index (χ3n) is 5.80. The van der Waals surface area contributed by atoms with Gasteiger partial charge in [0, 0.05) is 0 Å². The number of hydrogen-bond acceptors (Lipinski definition) is 2. The maximum atomic E-state index is 11.1. The molecule has 0 aromatic heterocycles. The van der Waals surface area contributed by atoms with Gasteiger partial charge in [0.25, 0.3) is 0 Å².